The van der Waals surface area contributed by atoms with Crippen LogP contribution in [-0.2, 0) is 0 Å². The first-order valence-corrected chi connectivity index (χ1v) is 6.09. The van der Waals surface area contributed by atoms with Gasteiger partial charge in [-0.3, -0.25) is 10.1 Å². The van der Waals surface area contributed by atoms with Gasteiger partial charge >= 0.3 is 0 Å². The second-order valence-electron chi connectivity index (χ2n) is 4.59. The Morgan fingerprint density at radius 3 is 2.71 bits per heavy atom. The quantitative estimate of drug-likeness (QED) is 0.600. The molecule has 1 aliphatic rings. The number of hydrogen-bond donors (Lipinski definition) is 0. The third-order valence-corrected chi connectivity index (χ3v) is 3.82. The maximum Gasteiger partial charge on any atom is 0.294 e. The number of anilines is 1. The van der Waals surface area contributed by atoms with E-state index < -0.39 is 0 Å². The van der Waals surface area contributed by atoms with Crippen molar-refractivity contribution >= 4 is 23.0 Å². The van der Waals surface area contributed by atoms with Gasteiger partial charge in [0.15, 0.2) is 0 Å². The highest BCUT2D eigenvalue weighted by Crippen LogP contribution is 2.36. The maximum atomic E-state index is 11.0. The third-order valence-electron chi connectivity index (χ3n) is 3.58. The first kappa shape index (κ1) is 12.2. The Bertz CT molecular complexity index is 450. The van der Waals surface area contributed by atoms with Gasteiger partial charge in [0.05, 0.1) is 4.92 Å². The number of nitro benzene ring substituents is 1. The molecule has 1 heterocycles. The van der Waals surface area contributed by atoms with E-state index in [4.69, 9.17) is 11.6 Å². The molecule has 1 fully saturated rings. The van der Waals surface area contributed by atoms with Gasteiger partial charge < -0.3 is 4.90 Å². The van der Waals surface area contributed by atoms with E-state index in [1.54, 1.807) is 12.1 Å². The summed E-state index contributed by atoms with van der Waals surface area (Å²) >= 11 is 5.81. The third kappa shape index (κ3) is 2.22. The van der Waals surface area contributed by atoms with Crippen molar-refractivity contribution in [3.63, 3.8) is 0 Å². The molecule has 4 nitrogen and oxygen atoms in total. The molecule has 0 N–H and O–H groups in total. The van der Waals surface area contributed by atoms with E-state index in [0.29, 0.717) is 22.7 Å². The monoisotopic (exact) mass is 254 g/mol. The fourth-order valence-electron chi connectivity index (χ4n) is 2.32. The number of rotatable bonds is 2. The molecule has 1 aliphatic heterocycles. The Kier molecular flexibility index (Phi) is 3.24. The fraction of sp³-hybridized carbons (Fsp3) is 0.500. The van der Waals surface area contributed by atoms with Crippen molar-refractivity contribution in [2.75, 3.05) is 11.4 Å². The molecule has 0 amide bonds. The van der Waals surface area contributed by atoms with Gasteiger partial charge in [-0.05, 0) is 31.4 Å². The highest BCUT2D eigenvalue weighted by Gasteiger charge is 2.31. The summed E-state index contributed by atoms with van der Waals surface area (Å²) in [4.78, 5) is 12.8. The van der Waals surface area contributed by atoms with Crippen LogP contribution in [0.2, 0.25) is 5.02 Å². The van der Waals surface area contributed by atoms with Crippen LogP contribution in [0.5, 0.6) is 0 Å². The molecule has 0 spiro atoms. The molecule has 1 aromatic rings. The summed E-state index contributed by atoms with van der Waals surface area (Å²) in [6.45, 7) is 5.15. The van der Waals surface area contributed by atoms with E-state index in [0.717, 1.165) is 13.0 Å². The van der Waals surface area contributed by atoms with Crippen LogP contribution in [0.1, 0.15) is 20.3 Å². The fourth-order valence-corrected chi connectivity index (χ4v) is 2.49. The summed E-state index contributed by atoms with van der Waals surface area (Å²) in [6.07, 6.45) is 1.07. The van der Waals surface area contributed by atoms with Gasteiger partial charge in [0.25, 0.3) is 5.69 Å². The molecule has 2 atom stereocenters. The number of nitro groups is 1. The van der Waals surface area contributed by atoms with Gasteiger partial charge in [-0.1, -0.05) is 18.5 Å². The van der Waals surface area contributed by atoms with E-state index in [1.165, 1.54) is 6.07 Å². The molecule has 92 valence electrons. The number of nitrogens with zero attached hydrogens (tertiary/aromatic N) is 2. The lowest BCUT2D eigenvalue weighted by molar-refractivity contribution is -0.384. The van der Waals surface area contributed by atoms with Gasteiger partial charge in [-0.15, -0.1) is 0 Å². The Morgan fingerprint density at radius 1 is 1.47 bits per heavy atom. The lowest BCUT2D eigenvalue weighted by Gasteiger charge is -2.25. The zero-order valence-electron chi connectivity index (χ0n) is 9.89. The van der Waals surface area contributed by atoms with Crippen molar-refractivity contribution in [3.05, 3.63) is 33.3 Å². The molecule has 1 saturated heterocycles. The minimum atomic E-state index is -0.364. The summed E-state index contributed by atoms with van der Waals surface area (Å²) in [5, 5.41) is 11.4. The van der Waals surface area contributed by atoms with E-state index in [2.05, 4.69) is 18.7 Å². The SMILES string of the molecule is CC1CCN(c2ccc(Cl)cc2[N+](=O)[O-])C1C. The minimum absolute atomic E-state index is 0.0958. The summed E-state index contributed by atoms with van der Waals surface area (Å²) in [6, 6.07) is 5.20. The van der Waals surface area contributed by atoms with Gasteiger partial charge in [0, 0.05) is 23.7 Å². The average Bonchev–Trinajstić information content (AvgIpc) is 2.60. The molecule has 1 aromatic carbocycles. The molecule has 0 bridgehead atoms. The molecular formula is C12H15ClN2O2. The molecular weight excluding hydrogens is 240 g/mol. The summed E-state index contributed by atoms with van der Waals surface area (Å²) in [5.74, 6) is 0.560. The first-order valence-electron chi connectivity index (χ1n) is 5.71. The van der Waals surface area contributed by atoms with E-state index >= 15 is 0 Å². The molecule has 17 heavy (non-hydrogen) atoms. The zero-order chi connectivity index (χ0) is 12.6. The maximum absolute atomic E-state index is 11.0. The molecule has 2 unspecified atom stereocenters. The summed E-state index contributed by atoms with van der Waals surface area (Å²) in [7, 11) is 0. The summed E-state index contributed by atoms with van der Waals surface area (Å²) < 4.78 is 0. The lowest BCUT2D eigenvalue weighted by Crippen LogP contribution is -2.29. The Hall–Kier alpha value is -1.29. The van der Waals surface area contributed by atoms with Crippen LogP contribution >= 0.6 is 11.6 Å². The average molecular weight is 255 g/mol. The number of benzene rings is 1. The smallest absolute Gasteiger partial charge is 0.294 e. The predicted octanol–water partition coefficient (Wildman–Crippen LogP) is 3.48. The molecule has 2 rings (SSSR count). The molecule has 0 saturated carbocycles. The van der Waals surface area contributed by atoms with E-state index in [-0.39, 0.29) is 10.6 Å². The Labute approximate surface area is 105 Å². The standard InChI is InChI=1S/C12H15ClN2O2/c1-8-5-6-14(9(8)2)11-4-3-10(13)7-12(11)15(16)17/h3-4,7-9H,5-6H2,1-2H3. The van der Waals surface area contributed by atoms with Crippen LogP contribution in [0.3, 0.4) is 0 Å². The van der Waals surface area contributed by atoms with Crippen molar-refractivity contribution in [2.45, 2.75) is 26.3 Å². The second kappa shape index (κ2) is 4.53. The first-order chi connectivity index (χ1) is 8.00. The van der Waals surface area contributed by atoms with Crippen molar-refractivity contribution in [1.82, 2.24) is 0 Å². The van der Waals surface area contributed by atoms with Gasteiger partial charge in [-0.2, -0.15) is 0 Å². The minimum Gasteiger partial charge on any atom is -0.363 e. The van der Waals surface area contributed by atoms with E-state index in [1.807, 2.05) is 0 Å². The normalized spacial score (nSPS) is 24.1. The van der Waals surface area contributed by atoms with Crippen LogP contribution in [-0.4, -0.2) is 17.5 Å². The number of halogens is 1. The molecule has 0 aromatic heterocycles. The van der Waals surface area contributed by atoms with Crippen molar-refractivity contribution in [3.8, 4) is 0 Å². The highest BCUT2D eigenvalue weighted by atomic mass is 35.5. The topological polar surface area (TPSA) is 46.4 Å². The van der Waals surface area contributed by atoms with Crippen LogP contribution in [0, 0.1) is 16.0 Å². The van der Waals surface area contributed by atoms with Gasteiger partial charge in [0.1, 0.15) is 5.69 Å². The van der Waals surface area contributed by atoms with Crippen molar-refractivity contribution < 1.29 is 4.92 Å². The van der Waals surface area contributed by atoms with Gasteiger partial charge in [0.2, 0.25) is 0 Å². The largest absolute Gasteiger partial charge is 0.363 e. The predicted molar refractivity (Wildman–Crippen MR) is 68.7 cm³/mol. The molecule has 0 radical (unpaired) electrons. The molecule has 5 heteroatoms. The number of hydrogen-bond acceptors (Lipinski definition) is 3. The highest BCUT2D eigenvalue weighted by molar-refractivity contribution is 6.30. The van der Waals surface area contributed by atoms with Crippen molar-refractivity contribution in [2.24, 2.45) is 5.92 Å². The zero-order valence-corrected chi connectivity index (χ0v) is 10.6. The van der Waals surface area contributed by atoms with E-state index in [9.17, 15) is 10.1 Å². The lowest BCUT2D eigenvalue weighted by atomic mass is 10.0. The second-order valence-corrected chi connectivity index (χ2v) is 5.03. The summed E-state index contributed by atoms with van der Waals surface area (Å²) in [5.41, 5.74) is 0.773. The van der Waals surface area contributed by atoms with Crippen LogP contribution < -0.4 is 4.90 Å². The Morgan fingerprint density at radius 2 is 2.18 bits per heavy atom. The Balaban J connectivity index is 2.42. The van der Waals surface area contributed by atoms with Crippen LogP contribution in [0.25, 0.3) is 0 Å². The van der Waals surface area contributed by atoms with Crippen LogP contribution in [0.4, 0.5) is 11.4 Å². The molecule has 0 aliphatic carbocycles. The van der Waals surface area contributed by atoms with Gasteiger partial charge in [-0.25, -0.2) is 0 Å². The van der Waals surface area contributed by atoms with Crippen molar-refractivity contribution in [1.29, 1.82) is 0 Å². The van der Waals surface area contributed by atoms with Crippen LogP contribution in [0.15, 0.2) is 18.2 Å².